The van der Waals surface area contributed by atoms with E-state index in [0.29, 0.717) is 12.1 Å². The zero-order chi connectivity index (χ0) is 24.9. The molecule has 4 heterocycles. The Hall–Kier alpha value is -3.98. The van der Waals surface area contributed by atoms with E-state index in [1.807, 2.05) is 37.7 Å². The van der Waals surface area contributed by atoms with E-state index in [2.05, 4.69) is 34.5 Å². The number of hydrogen-bond acceptors (Lipinski definition) is 6. The molecule has 0 bridgehead atoms. The summed E-state index contributed by atoms with van der Waals surface area (Å²) in [6, 6.07) is 7.09. The summed E-state index contributed by atoms with van der Waals surface area (Å²) in [7, 11) is 1.88. The van der Waals surface area contributed by atoms with Gasteiger partial charge in [0.05, 0.1) is 29.1 Å². The maximum absolute atomic E-state index is 11.7. The second-order valence-corrected chi connectivity index (χ2v) is 8.94. The number of anilines is 1. The Balaban J connectivity index is 1.67. The molecule has 0 saturated carbocycles. The first-order valence-electron chi connectivity index (χ1n) is 11.2. The molecule has 0 aliphatic heterocycles. The van der Waals surface area contributed by atoms with E-state index in [0.717, 1.165) is 44.8 Å². The largest absolute Gasteiger partial charge is 0.476 e. The van der Waals surface area contributed by atoms with Gasteiger partial charge in [0.25, 0.3) is 0 Å². The zero-order valence-corrected chi connectivity index (χ0v) is 20.5. The minimum Gasteiger partial charge on any atom is -0.476 e. The third-order valence-electron chi connectivity index (χ3n) is 5.97. The van der Waals surface area contributed by atoms with Gasteiger partial charge in [0.2, 0.25) is 0 Å². The van der Waals surface area contributed by atoms with Crippen molar-refractivity contribution >= 4 is 39.8 Å². The number of aromatic carboxylic acids is 1. The molecule has 10 heteroatoms. The Kier molecular flexibility index (Phi) is 5.64. The molecule has 2 N–H and O–H groups in total. The van der Waals surface area contributed by atoms with Gasteiger partial charge in [-0.05, 0) is 37.6 Å². The molecule has 0 unspecified atom stereocenters. The SMILES string of the molecule is CCc1nc2c([C@@H](C)Nc3ccc(Cl)nc3C(=O)O)cc(C)cc2c2nc(-c3cnn(C)c3)cn12. The molecule has 5 aromatic rings. The Morgan fingerprint density at radius 3 is 2.69 bits per heavy atom. The second-order valence-electron chi connectivity index (χ2n) is 8.56. The van der Waals surface area contributed by atoms with Gasteiger partial charge >= 0.3 is 5.97 Å². The fraction of sp³-hybridized carbons (Fsp3) is 0.240. The number of halogens is 1. The highest BCUT2D eigenvalue weighted by atomic mass is 35.5. The number of aryl methyl sites for hydroxylation is 3. The van der Waals surface area contributed by atoms with E-state index < -0.39 is 5.97 Å². The lowest BCUT2D eigenvalue weighted by molar-refractivity contribution is 0.0691. The Morgan fingerprint density at radius 1 is 1.20 bits per heavy atom. The van der Waals surface area contributed by atoms with Crippen LogP contribution >= 0.6 is 11.6 Å². The van der Waals surface area contributed by atoms with Gasteiger partial charge in [0.1, 0.15) is 16.6 Å². The van der Waals surface area contributed by atoms with Crippen molar-refractivity contribution in [3.8, 4) is 11.3 Å². The Bertz CT molecular complexity index is 1610. The number of fused-ring (bicyclic) bond motifs is 3. The van der Waals surface area contributed by atoms with E-state index >= 15 is 0 Å². The molecular weight excluding hydrogens is 466 g/mol. The predicted octanol–water partition coefficient (Wildman–Crippen LogP) is 5.07. The van der Waals surface area contributed by atoms with E-state index in [4.69, 9.17) is 21.6 Å². The molecule has 0 spiro atoms. The molecule has 0 aliphatic carbocycles. The van der Waals surface area contributed by atoms with Crippen molar-refractivity contribution in [1.29, 1.82) is 0 Å². The molecule has 0 aliphatic rings. The smallest absolute Gasteiger partial charge is 0.356 e. The summed E-state index contributed by atoms with van der Waals surface area (Å²) in [5, 5.41) is 18.2. The summed E-state index contributed by atoms with van der Waals surface area (Å²) in [5.41, 5.74) is 5.66. The summed E-state index contributed by atoms with van der Waals surface area (Å²) >= 11 is 5.92. The van der Waals surface area contributed by atoms with Crippen LogP contribution in [-0.4, -0.2) is 40.2 Å². The molecule has 1 atom stereocenters. The van der Waals surface area contributed by atoms with Gasteiger partial charge in [-0.25, -0.2) is 19.7 Å². The number of nitrogens with zero attached hydrogens (tertiary/aromatic N) is 6. The number of carbonyl (C=O) groups is 1. The number of carboxylic acid groups (broad SMARTS) is 1. The molecular formula is C25H24ClN7O2. The van der Waals surface area contributed by atoms with Gasteiger partial charge in [-0.15, -0.1) is 0 Å². The minimum absolute atomic E-state index is 0.125. The van der Waals surface area contributed by atoms with Gasteiger partial charge in [0.15, 0.2) is 5.69 Å². The summed E-state index contributed by atoms with van der Waals surface area (Å²) in [4.78, 5) is 25.7. The molecule has 35 heavy (non-hydrogen) atoms. The summed E-state index contributed by atoms with van der Waals surface area (Å²) in [5.74, 6) is -0.267. The Labute approximate surface area is 206 Å². The van der Waals surface area contributed by atoms with Crippen LogP contribution in [0.5, 0.6) is 0 Å². The van der Waals surface area contributed by atoms with Gasteiger partial charge in [-0.1, -0.05) is 24.6 Å². The van der Waals surface area contributed by atoms with Crippen LogP contribution in [0.2, 0.25) is 5.15 Å². The van der Waals surface area contributed by atoms with E-state index in [1.54, 1.807) is 23.0 Å². The van der Waals surface area contributed by atoms with Crippen LogP contribution in [0.15, 0.2) is 42.9 Å². The van der Waals surface area contributed by atoms with Crippen molar-refractivity contribution in [2.45, 2.75) is 33.2 Å². The first kappa shape index (κ1) is 22.8. The number of imidazole rings is 1. The van der Waals surface area contributed by atoms with Crippen LogP contribution in [0.4, 0.5) is 5.69 Å². The summed E-state index contributed by atoms with van der Waals surface area (Å²) in [6.45, 7) is 6.06. The highest BCUT2D eigenvalue weighted by Gasteiger charge is 2.20. The fourth-order valence-electron chi connectivity index (χ4n) is 4.35. The van der Waals surface area contributed by atoms with Crippen LogP contribution in [0, 0.1) is 6.92 Å². The van der Waals surface area contributed by atoms with Crippen LogP contribution in [-0.2, 0) is 13.5 Å². The van der Waals surface area contributed by atoms with Crippen LogP contribution in [0.3, 0.4) is 0 Å². The quantitative estimate of drug-likeness (QED) is 0.320. The van der Waals surface area contributed by atoms with Crippen molar-refractivity contribution in [1.82, 2.24) is 29.1 Å². The maximum atomic E-state index is 11.7. The predicted molar refractivity (Wildman–Crippen MR) is 135 cm³/mol. The zero-order valence-electron chi connectivity index (χ0n) is 19.7. The summed E-state index contributed by atoms with van der Waals surface area (Å²) in [6.07, 6.45) is 6.45. The second kappa shape index (κ2) is 8.66. The number of carboxylic acids is 1. The van der Waals surface area contributed by atoms with Crippen molar-refractivity contribution < 1.29 is 9.90 Å². The highest BCUT2D eigenvalue weighted by Crippen LogP contribution is 2.32. The van der Waals surface area contributed by atoms with Crippen molar-refractivity contribution in [3.05, 3.63) is 70.7 Å². The lowest BCUT2D eigenvalue weighted by Crippen LogP contribution is -2.13. The number of aromatic nitrogens is 6. The van der Waals surface area contributed by atoms with Gasteiger partial charge in [-0.3, -0.25) is 9.08 Å². The topological polar surface area (TPSA) is 110 Å². The first-order valence-corrected chi connectivity index (χ1v) is 11.6. The average molecular weight is 490 g/mol. The number of hydrogen-bond donors (Lipinski definition) is 2. The van der Waals surface area contributed by atoms with Crippen LogP contribution < -0.4 is 5.32 Å². The summed E-state index contributed by atoms with van der Waals surface area (Å²) < 4.78 is 3.79. The lowest BCUT2D eigenvalue weighted by Gasteiger charge is -2.20. The maximum Gasteiger partial charge on any atom is 0.356 e. The van der Waals surface area contributed by atoms with Gasteiger partial charge < -0.3 is 10.4 Å². The molecule has 9 nitrogen and oxygen atoms in total. The first-order chi connectivity index (χ1) is 16.7. The number of benzene rings is 1. The number of rotatable bonds is 6. The van der Waals surface area contributed by atoms with E-state index in [-0.39, 0.29) is 16.9 Å². The Morgan fingerprint density at radius 2 is 2.00 bits per heavy atom. The third kappa shape index (κ3) is 4.08. The molecule has 0 radical (unpaired) electrons. The third-order valence-corrected chi connectivity index (χ3v) is 6.18. The van der Waals surface area contributed by atoms with Crippen molar-refractivity contribution in [2.75, 3.05) is 5.32 Å². The average Bonchev–Trinajstić information content (AvgIpc) is 3.46. The number of nitrogens with one attached hydrogen (secondary N) is 1. The number of pyridine rings is 1. The molecule has 178 valence electrons. The molecule has 0 fully saturated rings. The molecule has 1 aromatic carbocycles. The van der Waals surface area contributed by atoms with E-state index in [1.165, 1.54) is 0 Å². The van der Waals surface area contributed by atoms with Gasteiger partial charge in [-0.2, -0.15) is 5.10 Å². The van der Waals surface area contributed by atoms with Crippen LogP contribution in [0.1, 0.15) is 47.3 Å². The molecule has 0 amide bonds. The molecule has 0 saturated heterocycles. The van der Waals surface area contributed by atoms with Crippen molar-refractivity contribution in [3.63, 3.8) is 0 Å². The van der Waals surface area contributed by atoms with Crippen LogP contribution in [0.25, 0.3) is 27.8 Å². The lowest BCUT2D eigenvalue weighted by atomic mass is 10.0. The van der Waals surface area contributed by atoms with Gasteiger partial charge in [0, 0.05) is 42.4 Å². The molecule has 4 aromatic heterocycles. The molecule has 5 rings (SSSR count). The van der Waals surface area contributed by atoms with E-state index in [9.17, 15) is 9.90 Å². The minimum atomic E-state index is -1.15. The standard InChI is InChI=1S/C25H24ClN7O2/c1-5-21-31-22-16(14(3)28-18-6-7-20(26)30-23(18)25(34)35)8-13(2)9-17(22)24-29-19(12-33(21)24)15-10-27-32(4)11-15/h6-12,14,28H,5H2,1-4H3,(H,34,35)/t14-/m1/s1. The fourth-order valence-corrected chi connectivity index (χ4v) is 4.50. The normalized spacial score (nSPS) is 12.4. The monoisotopic (exact) mass is 489 g/mol. The highest BCUT2D eigenvalue weighted by molar-refractivity contribution is 6.29. The van der Waals surface area contributed by atoms with Crippen molar-refractivity contribution in [2.24, 2.45) is 7.05 Å².